The lowest BCUT2D eigenvalue weighted by molar-refractivity contribution is 0.251. The van der Waals surface area contributed by atoms with Gasteiger partial charge in [0.15, 0.2) is 0 Å². The van der Waals surface area contributed by atoms with Crippen LogP contribution in [0.3, 0.4) is 0 Å². The van der Waals surface area contributed by atoms with Crippen LogP contribution < -0.4 is 15.4 Å². The first-order valence-corrected chi connectivity index (χ1v) is 7.96. The maximum atomic E-state index is 12.0. The topological polar surface area (TPSA) is 50.4 Å². The summed E-state index contributed by atoms with van der Waals surface area (Å²) in [7, 11) is 0. The number of para-hydroxylation sites is 2. The van der Waals surface area contributed by atoms with E-state index in [9.17, 15) is 4.79 Å². The minimum atomic E-state index is -0.183. The molecule has 0 aliphatic carbocycles. The smallest absolute Gasteiger partial charge is 0.319 e. The largest absolute Gasteiger partial charge is 0.489 e. The highest BCUT2D eigenvalue weighted by Crippen LogP contribution is 2.18. The highest BCUT2D eigenvalue weighted by molar-refractivity contribution is 5.90. The molecule has 122 valence electrons. The molecule has 4 heteroatoms. The molecule has 2 aromatic carbocycles. The molecular formula is C19H24N2O2. The van der Waals surface area contributed by atoms with Gasteiger partial charge in [-0.1, -0.05) is 50.2 Å². The molecule has 0 aliphatic rings. The van der Waals surface area contributed by atoms with E-state index in [0.29, 0.717) is 19.1 Å². The Hall–Kier alpha value is -2.49. The molecule has 23 heavy (non-hydrogen) atoms. The molecule has 4 nitrogen and oxygen atoms in total. The van der Waals surface area contributed by atoms with Crippen LogP contribution in [0.15, 0.2) is 54.6 Å². The van der Waals surface area contributed by atoms with E-state index in [4.69, 9.17) is 4.74 Å². The Balaban J connectivity index is 1.90. The average Bonchev–Trinajstić information content (AvgIpc) is 2.54. The summed E-state index contributed by atoms with van der Waals surface area (Å²) in [5.74, 6) is 1.38. The fourth-order valence-electron chi connectivity index (χ4n) is 2.09. The van der Waals surface area contributed by atoms with E-state index in [1.54, 1.807) is 0 Å². The third-order valence-corrected chi connectivity index (χ3v) is 3.41. The number of carbonyl (C=O) groups is 1. The Kier molecular flexibility index (Phi) is 6.48. The summed E-state index contributed by atoms with van der Waals surface area (Å²) in [5.41, 5.74) is 1.71. The zero-order valence-corrected chi connectivity index (χ0v) is 13.7. The second-order valence-electron chi connectivity index (χ2n) is 5.82. The van der Waals surface area contributed by atoms with E-state index in [1.165, 1.54) is 0 Å². The van der Waals surface area contributed by atoms with Crippen LogP contribution in [0.25, 0.3) is 0 Å². The van der Waals surface area contributed by atoms with Gasteiger partial charge in [-0.2, -0.15) is 0 Å². The summed E-state index contributed by atoms with van der Waals surface area (Å²) in [4.78, 5) is 12.0. The van der Waals surface area contributed by atoms with E-state index < -0.39 is 0 Å². The van der Waals surface area contributed by atoms with E-state index in [2.05, 4.69) is 24.5 Å². The second-order valence-corrected chi connectivity index (χ2v) is 5.82. The molecule has 2 N–H and O–H groups in total. The zero-order valence-electron chi connectivity index (χ0n) is 13.7. The molecule has 2 aromatic rings. The van der Waals surface area contributed by atoms with Gasteiger partial charge in [-0.3, -0.25) is 0 Å². The molecule has 0 saturated carbocycles. The van der Waals surface area contributed by atoms with Gasteiger partial charge < -0.3 is 15.4 Å². The van der Waals surface area contributed by atoms with Crippen LogP contribution in [0, 0.1) is 5.92 Å². The summed E-state index contributed by atoms with van der Waals surface area (Å²) in [6.45, 7) is 5.35. The summed E-state index contributed by atoms with van der Waals surface area (Å²) < 4.78 is 5.76. The first kappa shape index (κ1) is 16.9. The molecule has 0 saturated heterocycles. The van der Waals surface area contributed by atoms with Gasteiger partial charge in [0.05, 0.1) is 0 Å². The molecule has 0 heterocycles. The number of urea groups is 1. The second kappa shape index (κ2) is 8.83. The van der Waals surface area contributed by atoms with Crippen molar-refractivity contribution in [2.24, 2.45) is 5.92 Å². The van der Waals surface area contributed by atoms with Gasteiger partial charge in [0.25, 0.3) is 0 Å². The predicted octanol–water partition coefficient (Wildman–Crippen LogP) is 4.43. The lowest BCUT2D eigenvalue weighted by Gasteiger charge is -2.13. The molecular weight excluding hydrogens is 288 g/mol. The monoisotopic (exact) mass is 312 g/mol. The van der Waals surface area contributed by atoms with Crippen molar-refractivity contribution in [2.75, 3.05) is 11.9 Å². The fraction of sp³-hybridized carbons (Fsp3) is 0.316. The maximum absolute atomic E-state index is 12.0. The van der Waals surface area contributed by atoms with Crippen molar-refractivity contribution in [1.82, 2.24) is 5.32 Å². The van der Waals surface area contributed by atoms with Crippen molar-refractivity contribution >= 4 is 11.7 Å². The zero-order chi connectivity index (χ0) is 16.5. The van der Waals surface area contributed by atoms with Gasteiger partial charge in [0.1, 0.15) is 12.4 Å². The lowest BCUT2D eigenvalue weighted by Crippen LogP contribution is -2.30. The number of anilines is 1. The molecule has 2 amide bonds. The molecule has 0 aliphatic heterocycles. The van der Waals surface area contributed by atoms with Crippen LogP contribution >= 0.6 is 0 Å². The molecule has 0 radical (unpaired) electrons. The highest BCUT2D eigenvalue weighted by atomic mass is 16.5. The first-order valence-electron chi connectivity index (χ1n) is 7.96. The van der Waals surface area contributed by atoms with Crippen LogP contribution in [0.5, 0.6) is 5.75 Å². The number of amides is 2. The van der Waals surface area contributed by atoms with Crippen molar-refractivity contribution in [3.8, 4) is 5.75 Å². The molecule has 0 bridgehead atoms. The number of hydrogen-bond acceptors (Lipinski definition) is 2. The number of nitrogens with one attached hydrogen (secondary N) is 2. The van der Waals surface area contributed by atoms with Crippen molar-refractivity contribution in [2.45, 2.75) is 26.9 Å². The van der Waals surface area contributed by atoms with E-state index in [1.807, 2.05) is 54.6 Å². The van der Waals surface area contributed by atoms with Crippen LogP contribution in [0.1, 0.15) is 25.8 Å². The normalized spacial score (nSPS) is 10.4. The summed E-state index contributed by atoms with van der Waals surface area (Å²) in [5, 5.41) is 5.76. The van der Waals surface area contributed by atoms with Gasteiger partial charge in [-0.15, -0.1) is 0 Å². The molecule has 0 atom stereocenters. The quantitative estimate of drug-likeness (QED) is 0.794. The maximum Gasteiger partial charge on any atom is 0.319 e. The lowest BCUT2D eigenvalue weighted by atomic mass is 10.1. The Labute approximate surface area is 137 Å². The third kappa shape index (κ3) is 6.02. The molecule has 0 aromatic heterocycles. The number of rotatable bonds is 7. The fourth-order valence-corrected chi connectivity index (χ4v) is 2.09. The van der Waals surface area contributed by atoms with Crippen molar-refractivity contribution in [1.29, 1.82) is 0 Å². The molecule has 2 rings (SSSR count). The predicted molar refractivity (Wildman–Crippen MR) is 93.7 cm³/mol. The van der Waals surface area contributed by atoms with Gasteiger partial charge >= 0.3 is 6.03 Å². The van der Waals surface area contributed by atoms with Crippen LogP contribution in [0.4, 0.5) is 10.5 Å². The van der Waals surface area contributed by atoms with E-state index in [-0.39, 0.29) is 6.03 Å². The Morgan fingerprint density at radius 1 is 1.04 bits per heavy atom. The van der Waals surface area contributed by atoms with E-state index in [0.717, 1.165) is 23.4 Å². The van der Waals surface area contributed by atoms with E-state index >= 15 is 0 Å². The van der Waals surface area contributed by atoms with Crippen LogP contribution in [0.2, 0.25) is 0 Å². The summed E-state index contributed by atoms with van der Waals surface area (Å²) >= 11 is 0. The molecule has 0 unspecified atom stereocenters. The molecule has 0 fully saturated rings. The van der Waals surface area contributed by atoms with Crippen molar-refractivity contribution in [3.05, 3.63) is 60.2 Å². The van der Waals surface area contributed by atoms with Crippen molar-refractivity contribution in [3.63, 3.8) is 0 Å². The van der Waals surface area contributed by atoms with Gasteiger partial charge in [-0.25, -0.2) is 4.79 Å². The van der Waals surface area contributed by atoms with Gasteiger partial charge in [0, 0.05) is 17.8 Å². The van der Waals surface area contributed by atoms with Crippen LogP contribution in [-0.4, -0.2) is 12.6 Å². The number of carbonyl (C=O) groups excluding carboxylic acids is 1. The average molecular weight is 312 g/mol. The third-order valence-electron chi connectivity index (χ3n) is 3.41. The van der Waals surface area contributed by atoms with Gasteiger partial charge in [-0.05, 0) is 30.5 Å². The summed E-state index contributed by atoms with van der Waals surface area (Å²) in [6.07, 6.45) is 0.964. The minimum Gasteiger partial charge on any atom is -0.489 e. The number of ether oxygens (including phenoxy) is 1. The van der Waals surface area contributed by atoms with Gasteiger partial charge in [0.2, 0.25) is 0 Å². The summed E-state index contributed by atoms with van der Waals surface area (Å²) in [6, 6.07) is 17.1. The Bertz CT molecular complexity index is 612. The SMILES string of the molecule is CC(C)CCNC(=O)Nc1ccccc1COc1ccccc1. The minimum absolute atomic E-state index is 0.183. The Morgan fingerprint density at radius 3 is 2.48 bits per heavy atom. The van der Waals surface area contributed by atoms with Crippen LogP contribution in [-0.2, 0) is 6.61 Å². The number of hydrogen-bond donors (Lipinski definition) is 2. The van der Waals surface area contributed by atoms with Crippen molar-refractivity contribution < 1.29 is 9.53 Å². The standard InChI is InChI=1S/C19H24N2O2/c1-15(2)12-13-20-19(22)21-18-11-7-6-8-16(18)14-23-17-9-4-3-5-10-17/h3-11,15H,12-14H2,1-2H3,(H2,20,21,22). The number of benzene rings is 2. The molecule has 0 spiro atoms. The first-order chi connectivity index (χ1) is 11.1. The Morgan fingerprint density at radius 2 is 1.74 bits per heavy atom. The highest BCUT2D eigenvalue weighted by Gasteiger charge is 2.07.